The summed E-state index contributed by atoms with van der Waals surface area (Å²) in [4.78, 5) is 62.3. The summed E-state index contributed by atoms with van der Waals surface area (Å²) < 4.78 is 24.6. The maximum absolute atomic E-state index is 14.7. The van der Waals surface area contributed by atoms with Gasteiger partial charge in [0.25, 0.3) is 11.7 Å². The number of fused-ring (bicyclic) bond motifs is 2. The summed E-state index contributed by atoms with van der Waals surface area (Å²) in [6.45, 7) is 17.2. The number of phenols is 2. The first-order valence-corrected chi connectivity index (χ1v) is 20.7. The summed E-state index contributed by atoms with van der Waals surface area (Å²) in [5.74, 6) is -4.04. The largest absolute Gasteiger partial charge is 0.507 e. The lowest BCUT2D eigenvalue weighted by Crippen LogP contribution is -2.43. The number of rotatable bonds is 2. The minimum Gasteiger partial charge on any atom is -0.507 e. The van der Waals surface area contributed by atoms with Crippen LogP contribution in [0.15, 0.2) is 57.5 Å². The molecule has 2 aromatic carbocycles. The number of allylic oxidation sites excluding steroid dienone is 4. The Morgan fingerprint density at radius 2 is 1.75 bits per heavy atom. The average Bonchev–Trinajstić information content (AvgIpc) is 3.47. The molecular weight excluding hydrogens is 769 g/mol. The van der Waals surface area contributed by atoms with Gasteiger partial charge in [0.05, 0.1) is 17.2 Å². The van der Waals surface area contributed by atoms with Crippen LogP contribution in [0.25, 0.3) is 33.3 Å². The number of phenolic OH excluding ortho intramolecular Hbond substituents is 2. The van der Waals surface area contributed by atoms with Crippen molar-refractivity contribution in [3.63, 3.8) is 0 Å². The van der Waals surface area contributed by atoms with Gasteiger partial charge < -0.3 is 44.4 Å². The smallest absolute Gasteiger partial charge is 0.312 e. The summed E-state index contributed by atoms with van der Waals surface area (Å²) in [6.07, 6.45) is 10.3. The summed E-state index contributed by atoms with van der Waals surface area (Å²) >= 11 is 0. The molecule has 4 N–H and O–H groups in total. The number of anilines is 2. The zero-order valence-corrected chi connectivity index (χ0v) is 35.4. The number of hydrogen-bond acceptors (Lipinski definition) is 13. The van der Waals surface area contributed by atoms with Gasteiger partial charge in [0, 0.05) is 74.4 Å². The third-order valence-electron chi connectivity index (χ3n) is 11.9. The molecule has 7 rings (SSSR count). The second kappa shape index (κ2) is 16.6. The zero-order valence-electron chi connectivity index (χ0n) is 35.4. The van der Waals surface area contributed by atoms with E-state index in [4.69, 9.17) is 23.6 Å². The highest BCUT2D eigenvalue weighted by atomic mass is 16.7. The lowest BCUT2D eigenvalue weighted by atomic mass is 9.82. The van der Waals surface area contributed by atoms with Gasteiger partial charge in [-0.1, -0.05) is 45.9 Å². The highest BCUT2D eigenvalue weighted by Gasteiger charge is 2.50. The number of carbonyl (C=O) groups is 3. The molecule has 0 spiro atoms. The SMILES string of the molecule is CC(=O)O[C@@H]1[C@H](C)C/C=C/O[C@@]2(C)Oc3c(C)c(O)c4c(=O)c(c5oc6cc(N7CCNCC7)cc(O)c6nc-5c4c3C2=O)NC(=O)/C(C)=C\C=C\[C@H](C)C[C@@H](C)C[C@H]1C. The van der Waals surface area contributed by atoms with Crippen LogP contribution in [0.3, 0.4) is 0 Å². The van der Waals surface area contributed by atoms with Gasteiger partial charge in [-0.2, -0.15) is 0 Å². The van der Waals surface area contributed by atoms with Crippen LogP contribution in [0.5, 0.6) is 17.2 Å². The van der Waals surface area contributed by atoms with E-state index in [2.05, 4.69) is 36.3 Å². The van der Waals surface area contributed by atoms with Gasteiger partial charge in [-0.3, -0.25) is 19.2 Å². The topological polar surface area (TPSA) is 190 Å². The molecule has 1 saturated heterocycles. The van der Waals surface area contributed by atoms with Crippen LogP contribution in [-0.4, -0.2) is 70.9 Å². The number of ether oxygens (including phenoxy) is 3. The van der Waals surface area contributed by atoms with E-state index in [1.165, 1.54) is 27.0 Å². The predicted octanol–water partition coefficient (Wildman–Crippen LogP) is 7.50. The maximum atomic E-state index is 14.7. The normalized spacial score (nSPS) is 27.6. The molecule has 4 bridgehead atoms. The first kappa shape index (κ1) is 42.2. The fourth-order valence-corrected chi connectivity index (χ4v) is 8.89. The number of nitrogens with one attached hydrogen (secondary N) is 2. The van der Waals surface area contributed by atoms with Crippen LogP contribution in [-0.2, 0) is 19.1 Å². The summed E-state index contributed by atoms with van der Waals surface area (Å²) in [5, 5.41) is 28.8. The van der Waals surface area contributed by atoms with Crippen LogP contribution >= 0.6 is 0 Å². The van der Waals surface area contributed by atoms with Crippen LogP contribution < -0.4 is 25.7 Å². The van der Waals surface area contributed by atoms with E-state index in [0.29, 0.717) is 25.2 Å². The third-order valence-corrected chi connectivity index (χ3v) is 11.9. The van der Waals surface area contributed by atoms with Gasteiger partial charge in [0.1, 0.15) is 40.3 Å². The highest BCUT2D eigenvalue weighted by molar-refractivity contribution is 6.22. The van der Waals surface area contributed by atoms with E-state index in [-0.39, 0.29) is 103 Å². The van der Waals surface area contributed by atoms with Gasteiger partial charge in [-0.15, -0.1) is 0 Å². The van der Waals surface area contributed by atoms with E-state index in [1.807, 2.05) is 19.1 Å². The van der Waals surface area contributed by atoms with Gasteiger partial charge in [-0.05, 0) is 62.9 Å². The summed E-state index contributed by atoms with van der Waals surface area (Å²) in [6, 6.07) is 3.29. The number of Topliss-reactive ketones (excluding diaryl/α,β-unsaturated/α-hetero) is 1. The number of nitrogens with zero attached hydrogens (tertiary/aromatic N) is 2. The molecule has 0 aromatic heterocycles. The van der Waals surface area contributed by atoms with Gasteiger partial charge in [0.2, 0.25) is 5.43 Å². The number of hydrogen-bond donors (Lipinski definition) is 4. The molecule has 14 nitrogen and oxygen atoms in total. The van der Waals surface area contributed by atoms with Gasteiger partial charge in [0.15, 0.2) is 11.3 Å². The van der Waals surface area contributed by atoms with E-state index < -0.39 is 28.7 Å². The molecule has 0 radical (unpaired) electrons. The average molecular weight is 823 g/mol. The van der Waals surface area contributed by atoms with Crippen molar-refractivity contribution in [3.05, 3.63) is 69.6 Å². The summed E-state index contributed by atoms with van der Waals surface area (Å²) in [5.41, 5.74) is -0.0363. The van der Waals surface area contributed by atoms with Crippen LogP contribution in [0.2, 0.25) is 0 Å². The molecule has 6 atom stereocenters. The molecule has 318 valence electrons. The number of piperazine rings is 1. The first-order chi connectivity index (χ1) is 28.5. The monoisotopic (exact) mass is 822 g/mol. The van der Waals surface area contributed by atoms with Crippen molar-refractivity contribution in [2.24, 2.45) is 23.7 Å². The molecule has 4 heterocycles. The molecule has 1 amide bonds. The standard InChI is InChI=1S/C46H54N4O10/c1-23-11-9-12-26(4)45(56)49-38-40(54)34-33(37-43(38)59-32-22-30(21-31(52)36(32)48-37)50-16-14-47-15-17-50)35-42(28(6)39(34)53)60-46(8,44(35)55)57-18-10-13-25(3)41(58-29(7)51)27(5)20-24(2)19-23/h9-12,18,21-25,27,41,47,52-53H,13-17,19-20H2,1-8H3,(H,49,56)/b11-9+,18-10+,26-12-/t23-,24+,25+,27+,41+,46-/m0/s1. The molecule has 1 fully saturated rings. The van der Waals surface area contributed by atoms with E-state index in [9.17, 15) is 29.4 Å². The number of aromatic nitrogens is 1. The number of benzene rings is 3. The number of amides is 1. The minimum atomic E-state index is -1.93. The molecule has 2 aromatic rings. The molecule has 4 aliphatic heterocycles. The Morgan fingerprint density at radius 1 is 1.02 bits per heavy atom. The molecular formula is C46H54N4O10. The van der Waals surface area contributed by atoms with Crippen LogP contribution in [0, 0.1) is 30.6 Å². The van der Waals surface area contributed by atoms with Crippen molar-refractivity contribution in [1.29, 1.82) is 0 Å². The molecule has 0 saturated carbocycles. The Kier molecular flexibility index (Phi) is 11.7. The van der Waals surface area contributed by atoms with E-state index >= 15 is 0 Å². The Balaban J connectivity index is 1.43. The van der Waals surface area contributed by atoms with Crippen molar-refractivity contribution in [3.8, 4) is 28.7 Å². The Labute approximate surface area is 348 Å². The second-order valence-corrected chi connectivity index (χ2v) is 16.9. The first-order valence-electron chi connectivity index (χ1n) is 20.7. The predicted molar refractivity (Wildman–Crippen MR) is 229 cm³/mol. The van der Waals surface area contributed by atoms with E-state index in [1.54, 1.807) is 31.2 Å². The van der Waals surface area contributed by atoms with Crippen LogP contribution in [0.1, 0.15) is 83.7 Å². The van der Waals surface area contributed by atoms with Gasteiger partial charge in [-0.25, -0.2) is 4.98 Å². The number of ketones is 1. The third kappa shape index (κ3) is 7.92. The van der Waals surface area contributed by atoms with Gasteiger partial charge >= 0.3 is 11.8 Å². The lowest BCUT2D eigenvalue weighted by Gasteiger charge is -2.30. The molecule has 0 unspecified atom stereocenters. The van der Waals surface area contributed by atoms with Crippen LogP contribution in [0.4, 0.5) is 11.4 Å². The Morgan fingerprint density at radius 3 is 2.47 bits per heavy atom. The molecule has 5 aliphatic rings. The number of aromatic hydroxyl groups is 2. The molecule has 14 heteroatoms. The Bertz CT molecular complexity index is 2500. The number of carbonyl (C=O) groups excluding carboxylic acids is 3. The maximum Gasteiger partial charge on any atom is 0.312 e. The van der Waals surface area contributed by atoms with Crippen molar-refractivity contribution < 1.29 is 43.2 Å². The van der Waals surface area contributed by atoms with Crippen molar-refractivity contribution in [2.45, 2.75) is 86.5 Å². The quantitative estimate of drug-likeness (QED) is 0.0885. The number of esters is 1. The summed E-state index contributed by atoms with van der Waals surface area (Å²) in [7, 11) is 0. The molecule has 1 aliphatic carbocycles. The van der Waals surface area contributed by atoms with Crippen molar-refractivity contribution >= 4 is 50.9 Å². The lowest BCUT2D eigenvalue weighted by molar-refractivity contribution is -0.152. The molecule has 60 heavy (non-hydrogen) atoms. The highest BCUT2D eigenvalue weighted by Crippen LogP contribution is 2.51. The van der Waals surface area contributed by atoms with Crippen molar-refractivity contribution in [2.75, 3.05) is 36.4 Å². The fourth-order valence-electron chi connectivity index (χ4n) is 8.89. The van der Waals surface area contributed by atoms with Crippen molar-refractivity contribution in [1.82, 2.24) is 10.3 Å². The van der Waals surface area contributed by atoms with E-state index in [0.717, 1.165) is 25.9 Å². The fraction of sp³-hybridized carbons (Fsp3) is 0.457. The zero-order chi connectivity index (χ0) is 43.2. The second-order valence-electron chi connectivity index (χ2n) is 16.9. The minimum absolute atomic E-state index is 0.0184. The Hall–Kier alpha value is -5.89.